The molecule has 0 aromatic heterocycles. The third-order valence-corrected chi connectivity index (χ3v) is 3.74. The summed E-state index contributed by atoms with van der Waals surface area (Å²) in [6, 6.07) is 6.34. The molecule has 0 bridgehead atoms. The number of hydrogen-bond acceptors (Lipinski definition) is 3. The maximum Gasteiger partial charge on any atom is 0.269 e. The molecule has 0 N–H and O–H groups in total. The number of amides is 1. The summed E-state index contributed by atoms with van der Waals surface area (Å²) in [5.74, 6) is -0.373. The van der Waals surface area contributed by atoms with Gasteiger partial charge in [-0.3, -0.25) is 14.9 Å². The summed E-state index contributed by atoms with van der Waals surface area (Å²) in [5, 5.41) is 10.9. The Hall–Kier alpha value is -2.24. The average molecular weight is 289 g/mol. The molecule has 6 nitrogen and oxygen atoms in total. The first kappa shape index (κ1) is 15.2. The SMILES string of the molecule is CN(C)C=NC(=O)C(c1cccc([N+](=O)[O-])c1)C1CCC1. The van der Waals surface area contributed by atoms with E-state index in [1.54, 1.807) is 31.1 Å². The minimum atomic E-state index is -0.436. The number of nitro benzene ring substituents is 1. The molecule has 1 unspecified atom stereocenters. The maximum absolute atomic E-state index is 12.4. The van der Waals surface area contributed by atoms with Gasteiger partial charge in [0.2, 0.25) is 0 Å². The van der Waals surface area contributed by atoms with Gasteiger partial charge in [-0.2, -0.15) is 0 Å². The highest BCUT2D eigenvalue weighted by Gasteiger charge is 2.34. The molecule has 6 heteroatoms. The standard InChI is InChI=1S/C15H19N3O3/c1-17(2)10-16-15(19)14(11-5-3-6-11)12-7-4-8-13(9-12)18(20)21/h4,7-11,14H,3,5-6H2,1-2H3. The van der Waals surface area contributed by atoms with Gasteiger partial charge in [0, 0.05) is 26.2 Å². The van der Waals surface area contributed by atoms with Gasteiger partial charge in [-0.25, -0.2) is 4.99 Å². The van der Waals surface area contributed by atoms with Gasteiger partial charge in [0.05, 0.1) is 17.2 Å². The number of hydrogen-bond donors (Lipinski definition) is 0. The first-order valence-corrected chi connectivity index (χ1v) is 6.98. The van der Waals surface area contributed by atoms with Gasteiger partial charge in [-0.05, 0) is 24.3 Å². The van der Waals surface area contributed by atoms with E-state index in [-0.39, 0.29) is 23.4 Å². The lowest BCUT2D eigenvalue weighted by atomic mass is 9.72. The monoisotopic (exact) mass is 289 g/mol. The van der Waals surface area contributed by atoms with Crippen molar-refractivity contribution in [2.24, 2.45) is 10.9 Å². The summed E-state index contributed by atoms with van der Waals surface area (Å²) in [6.45, 7) is 0. The van der Waals surface area contributed by atoms with Crippen LogP contribution in [0.15, 0.2) is 29.3 Å². The van der Waals surface area contributed by atoms with Crippen LogP contribution < -0.4 is 0 Å². The zero-order chi connectivity index (χ0) is 15.4. The second-order valence-electron chi connectivity index (χ2n) is 5.57. The van der Waals surface area contributed by atoms with Crippen LogP contribution >= 0.6 is 0 Å². The van der Waals surface area contributed by atoms with Crippen LogP contribution in [-0.2, 0) is 4.79 Å². The smallest absolute Gasteiger partial charge is 0.269 e. The van der Waals surface area contributed by atoms with Crippen molar-refractivity contribution in [3.8, 4) is 0 Å². The fraction of sp³-hybridized carbons (Fsp3) is 0.467. The molecule has 112 valence electrons. The van der Waals surface area contributed by atoms with Crippen LogP contribution in [0.3, 0.4) is 0 Å². The summed E-state index contributed by atoms with van der Waals surface area (Å²) >= 11 is 0. The van der Waals surface area contributed by atoms with E-state index in [1.165, 1.54) is 18.5 Å². The maximum atomic E-state index is 12.4. The van der Waals surface area contributed by atoms with Crippen molar-refractivity contribution >= 4 is 17.9 Å². The fourth-order valence-corrected chi connectivity index (χ4v) is 2.47. The lowest BCUT2D eigenvalue weighted by Crippen LogP contribution is -2.26. The van der Waals surface area contributed by atoms with E-state index >= 15 is 0 Å². The van der Waals surface area contributed by atoms with Crippen LogP contribution in [0.4, 0.5) is 5.69 Å². The molecule has 1 atom stereocenters. The van der Waals surface area contributed by atoms with Gasteiger partial charge in [-0.1, -0.05) is 18.6 Å². The fourth-order valence-electron chi connectivity index (χ4n) is 2.47. The number of carbonyl (C=O) groups is 1. The van der Waals surface area contributed by atoms with Gasteiger partial charge < -0.3 is 4.90 Å². The van der Waals surface area contributed by atoms with Crippen LogP contribution in [-0.4, -0.2) is 36.2 Å². The average Bonchev–Trinajstić information content (AvgIpc) is 2.40. The van der Waals surface area contributed by atoms with E-state index in [2.05, 4.69) is 4.99 Å². The normalized spacial score (nSPS) is 16.5. The Kier molecular flexibility index (Phi) is 4.67. The molecule has 1 aromatic carbocycles. The molecule has 1 amide bonds. The van der Waals surface area contributed by atoms with Gasteiger partial charge >= 0.3 is 0 Å². The molecule has 0 spiro atoms. The molecule has 1 aromatic rings. The number of nitro groups is 1. The lowest BCUT2D eigenvalue weighted by Gasteiger charge is -2.32. The van der Waals surface area contributed by atoms with Crippen molar-refractivity contribution in [1.82, 2.24) is 4.90 Å². The molecule has 0 radical (unpaired) electrons. The van der Waals surface area contributed by atoms with Crippen molar-refractivity contribution < 1.29 is 9.72 Å². The van der Waals surface area contributed by atoms with Crippen molar-refractivity contribution in [1.29, 1.82) is 0 Å². The van der Waals surface area contributed by atoms with Crippen LogP contribution in [0.5, 0.6) is 0 Å². The van der Waals surface area contributed by atoms with E-state index < -0.39 is 4.92 Å². The van der Waals surface area contributed by atoms with Crippen LogP contribution in [0.1, 0.15) is 30.7 Å². The van der Waals surface area contributed by atoms with E-state index in [4.69, 9.17) is 0 Å². The predicted octanol–water partition coefficient (Wildman–Crippen LogP) is 2.60. The zero-order valence-electron chi connectivity index (χ0n) is 12.2. The molecule has 0 heterocycles. The summed E-state index contributed by atoms with van der Waals surface area (Å²) < 4.78 is 0. The zero-order valence-corrected chi connectivity index (χ0v) is 12.2. The van der Waals surface area contributed by atoms with Crippen LogP contribution in [0.2, 0.25) is 0 Å². The number of aliphatic imine (C=N–C) groups is 1. The highest BCUT2D eigenvalue weighted by molar-refractivity contribution is 5.90. The molecule has 0 aliphatic heterocycles. The predicted molar refractivity (Wildman–Crippen MR) is 80.4 cm³/mol. The summed E-state index contributed by atoms with van der Waals surface area (Å²) in [5.41, 5.74) is 0.705. The number of nitrogens with zero attached hydrogens (tertiary/aromatic N) is 3. The highest BCUT2D eigenvalue weighted by atomic mass is 16.6. The van der Waals surface area contributed by atoms with Crippen LogP contribution in [0.25, 0.3) is 0 Å². The Bertz CT molecular complexity index is 565. The van der Waals surface area contributed by atoms with Gasteiger partial charge in [-0.15, -0.1) is 0 Å². The van der Waals surface area contributed by atoms with Gasteiger partial charge in [0.15, 0.2) is 0 Å². The second kappa shape index (κ2) is 6.47. The minimum absolute atomic E-state index is 0.0150. The molecule has 2 rings (SSSR count). The summed E-state index contributed by atoms with van der Waals surface area (Å²) in [7, 11) is 3.59. The molecule has 0 saturated heterocycles. The van der Waals surface area contributed by atoms with E-state index in [1.807, 2.05) is 0 Å². The largest absolute Gasteiger partial charge is 0.369 e. The minimum Gasteiger partial charge on any atom is -0.369 e. The Morgan fingerprint density at radius 1 is 1.48 bits per heavy atom. The first-order valence-electron chi connectivity index (χ1n) is 6.98. The molecule has 21 heavy (non-hydrogen) atoms. The molecule has 1 fully saturated rings. The molecular formula is C15H19N3O3. The number of carbonyl (C=O) groups excluding carboxylic acids is 1. The van der Waals surface area contributed by atoms with Crippen molar-refractivity contribution in [3.63, 3.8) is 0 Å². The van der Waals surface area contributed by atoms with E-state index in [9.17, 15) is 14.9 Å². The molecule has 1 saturated carbocycles. The van der Waals surface area contributed by atoms with Crippen LogP contribution in [0, 0.1) is 16.0 Å². The van der Waals surface area contributed by atoms with Crippen molar-refractivity contribution in [2.45, 2.75) is 25.2 Å². The third-order valence-electron chi connectivity index (χ3n) is 3.74. The quantitative estimate of drug-likeness (QED) is 0.361. The highest BCUT2D eigenvalue weighted by Crippen LogP contribution is 2.40. The van der Waals surface area contributed by atoms with Crippen molar-refractivity contribution in [3.05, 3.63) is 39.9 Å². The van der Waals surface area contributed by atoms with E-state index in [0.29, 0.717) is 5.56 Å². The van der Waals surface area contributed by atoms with Gasteiger partial charge in [0.25, 0.3) is 11.6 Å². The Balaban J connectivity index is 2.29. The summed E-state index contributed by atoms with van der Waals surface area (Å²) in [6.07, 6.45) is 4.51. The Morgan fingerprint density at radius 3 is 2.71 bits per heavy atom. The molecule has 1 aliphatic carbocycles. The number of non-ortho nitro benzene ring substituents is 1. The van der Waals surface area contributed by atoms with Crippen molar-refractivity contribution in [2.75, 3.05) is 14.1 Å². The van der Waals surface area contributed by atoms with E-state index in [0.717, 1.165) is 19.3 Å². The Morgan fingerprint density at radius 2 is 2.19 bits per heavy atom. The van der Waals surface area contributed by atoms with Gasteiger partial charge in [0.1, 0.15) is 0 Å². The molecular weight excluding hydrogens is 270 g/mol. The first-order chi connectivity index (χ1) is 9.99. The number of rotatable bonds is 5. The topological polar surface area (TPSA) is 75.8 Å². The lowest BCUT2D eigenvalue weighted by molar-refractivity contribution is -0.384. The summed E-state index contributed by atoms with van der Waals surface area (Å²) in [4.78, 5) is 28.5. The second-order valence-corrected chi connectivity index (χ2v) is 5.57. The molecule has 1 aliphatic rings. The Labute approximate surface area is 123 Å². The number of benzene rings is 1. The third kappa shape index (κ3) is 3.65.